The topological polar surface area (TPSA) is 3.24 Å². The van der Waals surface area contributed by atoms with Crippen molar-refractivity contribution in [2.75, 3.05) is 14.1 Å². The molecule has 2 unspecified atom stereocenters. The van der Waals surface area contributed by atoms with Crippen LogP contribution in [-0.4, -0.2) is 33.5 Å². The first-order valence-corrected chi connectivity index (χ1v) is 7.11. The molecular weight excluding hydrogens is 162 g/mol. The van der Waals surface area contributed by atoms with Crippen LogP contribution in [0, 0.1) is 0 Å². The first kappa shape index (κ1) is 11.9. The van der Waals surface area contributed by atoms with Crippen molar-refractivity contribution in [2.45, 2.75) is 38.9 Å². The Morgan fingerprint density at radius 3 is 2.17 bits per heavy atom. The first-order chi connectivity index (χ1) is 5.67. The fourth-order valence-electron chi connectivity index (χ4n) is 1.83. The molecule has 0 aliphatic heterocycles. The van der Waals surface area contributed by atoms with Gasteiger partial charge in [0, 0.05) is 5.67 Å². The third kappa shape index (κ3) is 3.54. The van der Waals surface area contributed by atoms with Gasteiger partial charge in [-0.25, -0.2) is 0 Å². The summed E-state index contributed by atoms with van der Waals surface area (Å²) in [5.41, 5.74) is 3.31. The molecular formula is C10H23NSi. The molecule has 0 aromatic carbocycles. The summed E-state index contributed by atoms with van der Waals surface area (Å²) < 4.78 is 0. The van der Waals surface area contributed by atoms with Crippen molar-refractivity contribution in [3.63, 3.8) is 0 Å². The van der Waals surface area contributed by atoms with Crippen LogP contribution in [0.1, 0.15) is 27.2 Å². The highest BCUT2D eigenvalue weighted by atomic mass is 28.3. The fraction of sp³-hybridized carbons (Fsp3) is 0.800. The molecule has 12 heavy (non-hydrogen) atoms. The summed E-state index contributed by atoms with van der Waals surface area (Å²) in [7, 11) is 3.76. The smallest absolute Gasteiger partial charge is 0.0796 e. The van der Waals surface area contributed by atoms with Crippen LogP contribution < -0.4 is 0 Å². The van der Waals surface area contributed by atoms with Gasteiger partial charge < -0.3 is 4.90 Å². The fourth-order valence-corrected chi connectivity index (χ4v) is 4.77. The Hall–Kier alpha value is -0.0831. The predicted molar refractivity (Wildman–Crippen MR) is 60.2 cm³/mol. The summed E-state index contributed by atoms with van der Waals surface area (Å²) >= 11 is 0. The molecule has 0 aliphatic rings. The summed E-state index contributed by atoms with van der Waals surface area (Å²) in [6, 6.07) is 1.38. The average molecular weight is 185 g/mol. The molecule has 0 rings (SSSR count). The van der Waals surface area contributed by atoms with Gasteiger partial charge in [-0.05, 0) is 27.4 Å². The van der Waals surface area contributed by atoms with Gasteiger partial charge in [-0.2, -0.15) is 0 Å². The highest BCUT2D eigenvalue weighted by molar-refractivity contribution is 6.65. The van der Waals surface area contributed by atoms with Crippen molar-refractivity contribution < 1.29 is 0 Å². The Labute approximate surface area is 79.1 Å². The van der Waals surface area contributed by atoms with Crippen LogP contribution in [0.2, 0.25) is 6.04 Å². The van der Waals surface area contributed by atoms with E-state index in [-0.39, 0.29) is 0 Å². The Balaban J connectivity index is 4.22. The standard InChI is InChI=1S/C10H23NSi/c1-6-9-12(8-3)10(7-2)11(4)5/h6,9-10,12H,7-8H2,1-5H3/b9-6-. The van der Waals surface area contributed by atoms with Crippen molar-refractivity contribution in [3.05, 3.63) is 11.8 Å². The van der Waals surface area contributed by atoms with E-state index in [0.717, 1.165) is 5.67 Å². The van der Waals surface area contributed by atoms with E-state index in [0.29, 0.717) is 0 Å². The molecule has 2 atom stereocenters. The number of hydrogen-bond donors (Lipinski definition) is 0. The van der Waals surface area contributed by atoms with Crippen molar-refractivity contribution in [1.29, 1.82) is 0 Å². The lowest BCUT2D eigenvalue weighted by molar-refractivity contribution is 0.361. The number of nitrogens with zero attached hydrogens (tertiary/aromatic N) is 1. The predicted octanol–water partition coefficient (Wildman–Crippen LogP) is 2.23. The van der Waals surface area contributed by atoms with Crippen LogP contribution in [0.15, 0.2) is 11.8 Å². The number of rotatable bonds is 5. The summed E-state index contributed by atoms with van der Waals surface area (Å²) in [5, 5.41) is 0. The van der Waals surface area contributed by atoms with E-state index in [9.17, 15) is 0 Å². The molecule has 0 heterocycles. The van der Waals surface area contributed by atoms with Gasteiger partial charge in [-0.3, -0.25) is 0 Å². The number of allylic oxidation sites excluding steroid dienone is 1. The van der Waals surface area contributed by atoms with Crippen LogP contribution in [0.3, 0.4) is 0 Å². The molecule has 0 saturated heterocycles. The molecule has 0 bridgehead atoms. The molecule has 0 radical (unpaired) electrons. The Bertz CT molecular complexity index is 132. The summed E-state index contributed by atoms with van der Waals surface area (Å²) in [4.78, 5) is 2.39. The molecule has 0 spiro atoms. The zero-order valence-corrected chi connectivity index (χ0v) is 10.3. The molecule has 0 aromatic heterocycles. The highest BCUT2D eigenvalue weighted by Crippen LogP contribution is 2.09. The van der Waals surface area contributed by atoms with Gasteiger partial charge in [-0.1, -0.05) is 26.0 Å². The van der Waals surface area contributed by atoms with Crippen LogP contribution >= 0.6 is 0 Å². The summed E-state index contributed by atoms with van der Waals surface area (Å²) in [5.74, 6) is 0. The van der Waals surface area contributed by atoms with Crippen LogP contribution in [-0.2, 0) is 0 Å². The van der Waals surface area contributed by atoms with E-state index in [1.165, 1.54) is 12.5 Å². The first-order valence-electron chi connectivity index (χ1n) is 4.96. The van der Waals surface area contributed by atoms with Crippen molar-refractivity contribution in [1.82, 2.24) is 4.90 Å². The monoisotopic (exact) mass is 185 g/mol. The van der Waals surface area contributed by atoms with Gasteiger partial charge in [-0.15, -0.1) is 5.70 Å². The summed E-state index contributed by atoms with van der Waals surface area (Å²) in [6.07, 6.45) is 3.52. The lowest BCUT2D eigenvalue weighted by Gasteiger charge is -2.27. The Kier molecular flexibility index (Phi) is 6.39. The van der Waals surface area contributed by atoms with E-state index >= 15 is 0 Å². The van der Waals surface area contributed by atoms with Gasteiger partial charge >= 0.3 is 0 Å². The van der Waals surface area contributed by atoms with E-state index in [1.54, 1.807) is 0 Å². The highest BCUT2D eigenvalue weighted by Gasteiger charge is 2.18. The van der Waals surface area contributed by atoms with E-state index in [1.807, 2.05) is 0 Å². The average Bonchev–Trinajstić information content (AvgIpc) is 2.03. The van der Waals surface area contributed by atoms with E-state index in [2.05, 4.69) is 51.5 Å². The van der Waals surface area contributed by atoms with Gasteiger partial charge in [0.15, 0.2) is 0 Å². The van der Waals surface area contributed by atoms with Gasteiger partial charge in [0.1, 0.15) is 0 Å². The lowest BCUT2D eigenvalue weighted by atomic mass is 10.4. The van der Waals surface area contributed by atoms with Crippen molar-refractivity contribution >= 4 is 8.80 Å². The minimum atomic E-state index is -0.640. The quantitative estimate of drug-likeness (QED) is 0.594. The van der Waals surface area contributed by atoms with Gasteiger partial charge in [0.25, 0.3) is 0 Å². The maximum Gasteiger partial charge on any atom is 0.0796 e. The van der Waals surface area contributed by atoms with Crippen molar-refractivity contribution in [3.8, 4) is 0 Å². The Morgan fingerprint density at radius 1 is 1.33 bits per heavy atom. The third-order valence-corrected chi connectivity index (χ3v) is 6.37. The second kappa shape index (κ2) is 6.43. The normalized spacial score (nSPS) is 17.2. The second-order valence-corrected chi connectivity index (χ2v) is 6.84. The molecule has 0 saturated carbocycles. The molecule has 0 aromatic rings. The van der Waals surface area contributed by atoms with Gasteiger partial charge in [0.05, 0.1) is 8.80 Å². The van der Waals surface area contributed by atoms with E-state index < -0.39 is 8.80 Å². The molecule has 1 nitrogen and oxygen atoms in total. The SMILES string of the molecule is C/C=C\[SiH](CC)C(CC)N(C)C. The van der Waals surface area contributed by atoms with E-state index in [4.69, 9.17) is 0 Å². The maximum absolute atomic E-state index is 2.47. The number of hydrogen-bond acceptors (Lipinski definition) is 1. The lowest BCUT2D eigenvalue weighted by Crippen LogP contribution is -2.40. The maximum atomic E-state index is 2.47. The Morgan fingerprint density at radius 2 is 1.92 bits per heavy atom. The second-order valence-electron chi connectivity index (χ2n) is 3.54. The molecule has 0 N–H and O–H groups in total. The molecule has 0 fully saturated rings. The van der Waals surface area contributed by atoms with Crippen molar-refractivity contribution in [2.24, 2.45) is 0 Å². The zero-order valence-electron chi connectivity index (χ0n) is 9.17. The zero-order chi connectivity index (χ0) is 9.56. The van der Waals surface area contributed by atoms with Crippen LogP contribution in [0.4, 0.5) is 0 Å². The molecule has 2 heteroatoms. The molecule has 0 amide bonds. The largest absolute Gasteiger partial charge is 0.309 e. The molecule has 0 aliphatic carbocycles. The minimum Gasteiger partial charge on any atom is -0.309 e. The van der Waals surface area contributed by atoms with Crippen LogP contribution in [0.5, 0.6) is 0 Å². The van der Waals surface area contributed by atoms with Gasteiger partial charge in [0.2, 0.25) is 0 Å². The van der Waals surface area contributed by atoms with Crippen LogP contribution in [0.25, 0.3) is 0 Å². The third-order valence-electron chi connectivity index (χ3n) is 2.49. The summed E-state index contributed by atoms with van der Waals surface area (Å²) in [6.45, 7) is 6.75. The molecule has 72 valence electrons. The minimum absolute atomic E-state index is 0.640.